The highest BCUT2D eigenvalue weighted by atomic mass is 16.5. The van der Waals surface area contributed by atoms with Crippen molar-refractivity contribution in [3.8, 4) is 5.69 Å². The third-order valence-electron chi connectivity index (χ3n) is 5.37. The first kappa shape index (κ1) is 15.4. The van der Waals surface area contributed by atoms with Crippen molar-refractivity contribution in [2.24, 2.45) is 5.41 Å². The zero-order valence-electron chi connectivity index (χ0n) is 14.1. The Kier molecular flexibility index (Phi) is 3.88. The molecule has 5 heteroatoms. The molecule has 0 radical (unpaired) electrons. The Morgan fingerprint density at radius 3 is 2.92 bits per heavy atom. The number of rotatable bonds is 3. The van der Waals surface area contributed by atoms with Gasteiger partial charge in [-0.3, -0.25) is 4.79 Å². The predicted molar refractivity (Wildman–Crippen MR) is 90.8 cm³/mol. The van der Waals surface area contributed by atoms with Gasteiger partial charge in [0.2, 0.25) is 5.91 Å². The van der Waals surface area contributed by atoms with E-state index < -0.39 is 0 Å². The molecule has 4 rings (SSSR count). The molecule has 1 unspecified atom stereocenters. The second kappa shape index (κ2) is 6.06. The average molecular weight is 325 g/mol. The largest absolute Gasteiger partial charge is 0.381 e. The lowest BCUT2D eigenvalue weighted by Gasteiger charge is -2.39. The number of aromatic nitrogens is 2. The second-order valence-electron chi connectivity index (χ2n) is 7.03. The summed E-state index contributed by atoms with van der Waals surface area (Å²) in [4.78, 5) is 18.8. The van der Waals surface area contributed by atoms with Crippen LogP contribution in [0, 0.1) is 12.3 Å². The predicted octanol–water partition coefficient (Wildman–Crippen LogP) is 2.71. The smallest absolute Gasteiger partial charge is 0.222 e. The van der Waals surface area contributed by atoms with Gasteiger partial charge in [-0.2, -0.15) is 0 Å². The number of piperidine rings is 1. The number of amides is 1. The van der Waals surface area contributed by atoms with Crippen LogP contribution in [0.2, 0.25) is 0 Å². The number of ether oxygens (including phenoxy) is 1. The molecule has 2 aliphatic heterocycles. The lowest BCUT2D eigenvalue weighted by atomic mass is 9.79. The van der Waals surface area contributed by atoms with E-state index in [1.165, 1.54) is 0 Å². The zero-order valence-corrected chi connectivity index (χ0v) is 14.1. The van der Waals surface area contributed by atoms with E-state index in [-0.39, 0.29) is 11.3 Å². The van der Waals surface area contributed by atoms with Gasteiger partial charge in [-0.05, 0) is 31.4 Å². The minimum absolute atomic E-state index is 0.174. The molecule has 0 N–H and O–H groups in total. The van der Waals surface area contributed by atoms with Crippen molar-refractivity contribution in [2.75, 3.05) is 19.8 Å². The van der Waals surface area contributed by atoms with Gasteiger partial charge in [-0.1, -0.05) is 18.2 Å². The van der Waals surface area contributed by atoms with Crippen LogP contribution >= 0.6 is 0 Å². The number of aryl methyl sites for hydroxylation is 1. The van der Waals surface area contributed by atoms with Crippen molar-refractivity contribution in [3.63, 3.8) is 0 Å². The molecule has 1 atom stereocenters. The Bertz CT molecular complexity index is 747. The lowest BCUT2D eigenvalue weighted by molar-refractivity contribution is -0.138. The van der Waals surface area contributed by atoms with Crippen LogP contribution in [0.3, 0.4) is 0 Å². The highest BCUT2D eigenvalue weighted by Gasteiger charge is 2.41. The molecule has 126 valence electrons. The first-order chi connectivity index (χ1) is 11.7. The Morgan fingerprint density at radius 1 is 1.29 bits per heavy atom. The van der Waals surface area contributed by atoms with E-state index in [9.17, 15) is 4.79 Å². The number of para-hydroxylation sites is 1. The van der Waals surface area contributed by atoms with Crippen molar-refractivity contribution in [2.45, 2.75) is 32.7 Å². The van der Waals surface area contributed by atoms with Crippen LogP contribution in [0.25, 0.3) is 5.69 Å². The molecule has 24 heavy (non-hydrogen) atoms. The first-order valence-electron chi connectivity index (χ1n) is 8.61. The third-order valence-corrected chi connectivity index (χ3v) is 5.37. The molecule has 0 saturated carbocycles. The summed E-state index contributed by atoms with van der Waals surface area (Å²) in [5.74, 6) is 1.21. The molecule has 0 bridgehead atoms. The normalized spacial score (nSPS) is 24.0. The summed E-state index contributed by atoms with van der Waals surface area (Å²) in [6, 6.07) is 8.26. The maximum absolute atomic E-state index is 12.5. The number of imidazole rings is 1. The summed E-state index contributed by atoms with van der Waals surface area (Å²) in [7, 11) is 0. The van der Waals surface area contributed by atoms with Crippen LogP contribution in [0.1, 0.15) is 30.7 Å². The molecule has 1 spiro atoms. The van der Waals surface area contributed by atoms with E-state index in [1.807, 2.05) is 36.4 Å². The molecule has 3 heterocycles. The molecule has 2 saturated heterocycles. The summed E-state index contributed by atoms with van der Waals surface area (Å²) in [5, 5.41) is 0. The van der Waals surface area contributed by atoms with E-state index in [0.717, 1.165) is 49.7 Å². The van der Waals surface area contributed by atoms with Gasteiger partial charge in [0.1, 0.15) is 5.82 Å². The van der Waals surface area contributed by atoms with Gasteiger partial charge in [-0.15, -0.1) is 0 Å². The van der Waals surface area contributed by atoms with E-state index >= 15 is 0 Å². The number of hydrogen-bond acceptors (Lipinski definition) is 3. The minimum Gasteiger partial charge on any atom is -0.381 e. The van der Waals surface area contributed by atoms with Crippen molar-refractivity contribution in [1.82, 2.24) is 14.5 Å². The first-order valence-corrected chi connectivity index (χ1v) is 8.61. The van der Waals surface area contributed by atoms with Gasteiger partial charge in [0.15, 0.2) is 0 Å². The van der Waals surface area contributed by atoms with Crippen LogP contribution in [-0.2, 0) is 16.1 Å². The van der Waals surface area contributed by atoms with E-state index in [2.05, 4.69) is 21.7 Å². The van der Waals surface area contributed by atoms with Crippen LogP contribution in [-0.4, -0.2) is 40.1 Å². The molecule has 2 fully saturated rings. The van der Waals surface area contributed by atoms with Gasteiger partial charge in [0, 0.05) is 43.9 Å². The number of carbonyl (C=O) groups excluding carboxylic acids is 1. The standard InChI is InChI=1S/C19H23N3O2/c1-15-20-9-10-22(15)17-5-3-2-4-16(17)12-21-13-19(7-6-18(21)23)8-11-24-14-19/h2-5,9-10H,6-8,11-14H2,1H3. The molecule has 1 amide bonds. The Morgan fingerprint density at radius 2 is 2.17 bits per heavy atom. The highest BCUT2D eigenvalue weighted by Crippen LogP contribution is 2.38. The third kappa shape index (κ3) is 2.73. The van der Waals surface area contributed by atoms with Crippen molar-refractivity contribution >= 4 is 5.91 Å². The maximum Gasteiger partial charge on any atom is 0.222 e. The molecule has 2 aliphatic rings. The minimum atomic E-state index is 0.174. The average Bonchev–Trinajstić information content (AvgIpc) is 3.21. The van der Waals surface area contributed by atoms with Gasteiger partial charge in [0.05, 0.1) is 12.3 Å². The van der Waals surface area contributed by atoms with Crippen molar-refractivity contribution in [1.29, 1.82) is 0 Å². The van der Waals surface area contributed by atoms with Gasteiger partial charge >= 0.3 is 0 Å². The molecule has 1 aromatic carbocycles. The van der Waals surface area contributed by atoms with Gasteiger partial charge in [0.25, 0.3) is 0 Å². The summed E-state index contributed by atoms with van der Waals surface area (Å²) in [6.07, 6.45) is 6.45. The Balaban J connectivity index is 1.61. The summed E-state index contributed by atoms with van der Waals surface area (Å²) < 4.78 is 7.70. The molecule has 1 aromatic heterocycles. The number of nitrogens with zero attached hydrogens (tertiary/aromatic N) is 3. The van der Waals surface area contributed by atoms with E-state index in [0.29, 0.717) is 13.0 Å². The molecule has 2 aromatic rings. The summed E-state index contributed by atoms with van der Waals surface area (Å²) in [5.41, 5.74) is 2.43. The topological polar surface area (TPSA) is 47.4 Å². The van der Waals surface area contributed by atoms with E-state index in [4.69, 9.17) is 4.74 Å². The number of carbonyl (C=O) groups is 1. The van der Waals surface area contributed by atoms with Crippen LogP contribution in [0.5, 0.6) is 0 Å². The Hall–Kier alpha value is -2.14. The monoisotopic (exact) mass is 325 g/mol. The highest BCUT2D eigenvalue weighted by molar-refractivity contribution is 5.77. The van der Waals surface area contributed by atoms with Gasteiger partial charge in [-0.25, -0.2) is 4.98 Å². The molecular formula is C19H23N3O2. The fraction of sp³-hybridized carbons (Fsp3) is 0.474. The fourth-order valence-corrected chi connectivity index (χ4v) is 3.94. The number of likely N-dealkylation sites (tertiary alicyclic amines) is 1. The van der Waals surface area contributed by atoms with Crippen LogP contribution in [0.15, 0.2) is 36.7 Å². The number of benzene rings is 1. The van der Waals surface area contributed by atoms with Crippen molar-refractivity contribution in [3.05, 3.63) is 48.0 Å². The molecule has 5 nitrogen and oxygen atoms in total. The SMILES string of the molecule is Cc1nccn1-c1ccccc1CN1CC2(CCOC2)CCC1=O. The van der Waals surface area contributed by atoms with Crippen LogP contribution in [0.4, 0.5) is 0 Å². The van der Waals surface area contributed by atoms with Crippen LogP contribution < -0.4 is 0 Å². The quantitative estimate of drug-likeness (QED) is 0.872. The molecular weight excluding hydrogens is 302 g/mol. The summed E-state index contributed by atoms with van der Waals surface area (Å²) >= 11 is 0. The lowest BCUT2D eigenvalue weighted by Crippen LogP contribution is -2.46. The summed E-state index contributed by atoms with van der Waals surface area (Å²) in [6.45, 7) is 5.07. The number of hydrogen-bond donors (Lipinski definition) is 0. The fourth-order valence-electron chi connectivity index (χ4n) is 3.94. The molecule has 0 aliphatic carbocycles. The van der Waals surface area contributed by atoms with Crippen molar-refractivity contribution < 1.29 is 9.53 Å². The van der Waals surface area contributed by atoms with Gasteiger partial charge < -0.3 is 14.2 Å². The van der Waals surface area contributed by atoms with E-state index in [1.54, 1.807) is 0 Å². The maximum atomic E-state index is 12.5. The zero-order chi connectivity index (χ0) is 16.6. The Labute approximate surface area is 142 Å². The second-order valence-corrected chi connectivity index (χ2v) is 7.03.